The SMILES string of the molecule is O=C(Nc1cccc(Cl)c1)c1sccc1NS(=O)(=O)c1ccc(Br)s1. The molecule has 25 heavy (non-hydrogen) atoms. The van der Waals surface area contributed by atoms with Gasteiger partial charge in [-0.1, -0.05) is 17.7 Å². The Hall–Kier alpha value is -1.39. The van der Waals surface area contributed by atoms with Gasteiger partial charge < -0.3 is 5.32 Å². The van der Waals surface area contributed by atoms with Crippen LogP contribution in [0.1, 0.15) is 9.67 Å². The summed E-state index contributed by atoms with van der Waals surface area (Å²) in [4.78, 5) is 12.7. The lowest BCUT2D eigenvalue weighted by atomic mass is 10.3. The molecule has 10 heteroatoms. The number of sulfonamides is 1. The minimum absolute atomic E-state index is 0.159. The smallest absolute Gasteiger partial charge is 0.271 e. The number of carbonyl (C=O) groups excluding carboxylic acids is 1. The van der Waals surface area contributed by atoms with E-state index in [-0.39, 0.29) is 14.8 Å². The van der Waals surface area contributed by atoms with Gasteiger partial charge in [0.2, 0.25) is 0 Å². The molecule has 2 aromatic heterocycles. The van der Waals surface area contributed by atoms with Crippen molar-refractivity contribution in [3.8, 4) is 0 Å². The average molecular weight is 478 g/mol. The normalized spacial score (nSPS) is 11.3. The molecule has 0 bridgehead atoms. The highest BCUT2D eigenvalue weighted by molar-refractivity contribution is 9.11. The average Bonchev–Trinajstić information content (AvgIpc) is 3.16. The molecule has 0 aliphatic rings. The molecule has 1 aromatic carbocycles. The number of nitrogens with one attached hydrogen (secondary N) is 2. The third-order valence-electron chi connectivity index (χ3n) is 3.01. The second-order valence-corrected chi connectivity index (χ2v) is 10.5. The molecular formula is C15H10BrClN2O3S3. The van der Waals surface area contributed by atoms with Crippen LogP contribution in [0.4, 0.5) is 11.4 Å². The predicted octanol–water partition coefficient (Wildman–Crippen LogP) is 5.28. The van der Waals surface area contributed by atoms with Crippen molar-refractivity contribution in [1.29, 1.82) is 0 Å². The summed E-state index contributed by atoms with van der Waals surface area (Å²) in [7, 11) is -3.75. The van der Waals surface area contributed by atoms with E-state index in [1.54, 1.807) is 41.8 Å². The molecule has 130 valence electrons. The van der Waals surface area contributed by atoms with Gasteiger partial charge in [-0.2, -0.15) is 0 Å². The van der Waals surface area contributed by atoms with Crippen LogP contribution in [0.3, 0.4) is 0 Å². The number of rotatable bonds is 5. The molecule has 2 N–H and O–H groups in total. The molecule has 5 nitrogen and oxygen atoms in total. The number of benzene rings is 1. The Kier molecular flexibility index (Phi) is 5.49. The van der Waals surface area contributed by atoms with Crippen LogP contribution in [0.2, 0.25) is 5.02 Å². The minimum Gasteiger partial charge on any atom is -0.321 e. The van der Waals surface area contributed by atoms with Gasteiger partial charge in [-0.15, -0.1) is 22.7 Å². The van der Waals surface area contributed by atoms with Gasteiger partial charge in [0.25, 0.3) is 15.9 Å². The van der Waals surface area contributed by atoms with Gasteiger partial charge in [-0.3, -0.25) is 9.52 Å². The number of thiophene rings is 2. The number of halogens is 2. The Morgan fingerprint density at radius 2 is 1.96 bits per heavy atom. The Balaban J connectivity index is 1.82. The fourth-order valence-corrected chi connectivity index (χ4v) is 6.04. The van der Waals surface area contributed by atoms with Crippen LogP contribution in [-0.4, -0.2) is 14.3 Å². The maximum atomic E-state index is 12.5. The van der Waals surface area contributed by atoms with E-state index < -0.39 is 15.9 Å². The Bertz CT molecular complexity index is 1030. The van der Waals surface area contributed by atoms with Gasteiger partial charge in [0.1, 0.15) is 9.09 Å². The van der Waals surface area contributed by atoms with Crippen LogP contribution in [0.15, 0.2) is 55.8 Å². The lowest BCUT2D eigenvalue weighted by Crippen LogP contribution is -2.16. The van der Waals surface area contributed by atoms with Crippen LogP contribution < -0.4 is 10.0 Å². The van der Waals surface area contributed by atoms with E-state index in [9.17, 15) is 13.2 Å². The highest BCUT2D eigenvalue weighted by atomic mass is 79.9. The summed E-state index contributed by atoms with van der Waals surface area (Å²) in [5.41, 5.74) is 0.760. The Morgan fingerprint density at radius 1 is 1.16 bits per heavy atom. The van der Waals surface area contributed by atoms with E-state index in [2.05, 4.69) is 26.0 Å². The molecule has 0 saturated carbocycles. The summed E-state index contributed by atoms with van der Waals surface area (Å²) in [5, 5.41) is 4.84. The third kappa shape index (κ3) is 4.42. The van der Waals surface area contributed by atoms with Crippen molar-refractivity contribution in [2.75, 3.05) is 10.0 Å². The summed E-state index contributed by atoms with van der Waals surface area (Å²) in [6.45, 7) is 0. The zero-order valence-corrected chi connectivity index (χ0v) is 17.1. The number of amides is 1. The molecule has 0 fully saturated rings. The lowest BCUT2D eigenvalue weighted by molar-refractivity contribution is 0.103. The first-order valence-electron chi connectivity index (χ1n) is 6.78. The van der Waals surface area contributed by atoms with Crippen molar-refractivity contribution in [2.45, 2.75) is 4.21 Å². The maximum Gasteiger partial charge on any atom is 0.271 e. The van der Waals surface area contributed by atoms with Crippen molar-refractivity contribution in [1.82, 2.24) is 0 Å². The molecule has 0 aliphatic heterocycles. The van der Waals surface area contributed by atoms with E-state index in [1.807, 2.05) is 0 Å². The molecule has 0 aliphatic carbocycles. The van der Waals surface area contributed by atoms with Crippen LogP contribution in [0.25, 0.3) is 0 Å². The van der Waals surface area contributed by atoms with Crippen LogP contribution in [-0.2, 0) is 10.0 Å². The molecule has 3 rings (SSSR count). The molecule has 0 saturated heterocycles. The number of anilines is 2. The second kappa shape index (κ2) is 7.46. The predicted molar refractivity (Wildman–Crippen MR) is 107 cm³/mol. The van der Waals surface area contributed by atoms with Crippen LogP contribution >= 0.6 is 50.2 Å². The first kappa shape index (κ1) is 18.4. The van der Waals surface area contributed by atoms with Gasteiger partial charge in [0.05, 0.1) is 9.47 Å². The molecule has 2 heterocycles. The fraction of sp³-hybridized carbons (Fsp3) is 0. The summed E-state index contributed by atoms with van der Waals surface area (Å²) >= 11 is 11.4. The highest BCUT2D eigenvalue weighted by Crippen LogP contribution is 2.30. The van der Waals surface area contributed by atoms with Crippen molar-refractivity contribution >= 4 is 77.5 Å². The topological polar surface area (TPSA) is 75.3 Å². The number of carbonyl (C=O) groups is 1. The number of hydrogen-bond acceptors (Lipinski definition) is 5. The third-order valence-corrected chi connectivity index (χ3v) is 7.64. The van der Waals surface area contributed by atoms with Gasteiger partial charge in [-0.25, -0.2) is 8.42 Å². The summed E-state index contributed by atoms with van der Waals surface area (Å²) in [5.74, 6) is -0.415. The molecule has 0 spiro atoms. The van der Waals surface area contributed by atoms with Gasteiger partial charge in [0, 0.05) is 10.7 Å². The second-order valence-electron chi connectivity index (χ2n) is 4.79. The summed E-state index contributed by atoms with van der Waals surface area (Å²) in [6, 6.07) is 11.4. The van der Waals surface area contributed by atoms with Crippen molar-refractivity contribution < 1.29 is 13.2 Å². The van der Waals surface area contributed by atoms with Gasteiger partial charge >= 0.3 is 0 Å². The highest BCUT2D eigenvalue weighted by Gasteiger charge is 2.21. The van der Waals surface area contributed by atoms with E-state index in [0.29, 0.717) is 14.5 Å². The van der Waals surface area contributed by atoms with Gasteiger partial charge in [-0.05, 0) is 57.7 Å². The quantitative estimate of drug-likeness (QED) is 0.525. The Labute approximate surface area is 165 Å². The number of hydrogen-bond donors (Lipinski definition) is 2. The van der Waals surface area contributed by atoms with Crippen molar-refractivity contribution in [3.63, 3.8) is 0 Å². The maximum absolute atomic E-state index is 12.5. The standard InChI is InChI=1S/C15H10BrClN2O3S3/c16-12-4-5-13(24-12)25(21,22)19-11-6-7-23-14(11)15(20)18-10-3-1-2-9(17)8-10/h1-8,19H,(H,18,20). The zero-order valence-electron chi connectivity index (χ0n) is 12.3. The summed E-state index contributed by atoms with van der Waals surface area (Å²) in [6.07, 6.45) is 0. The first-order chi connectivity index (χ1) is 11.8. The molecule has 0 atom stereocenters. The zero-order chi connectivity index (χ0) is 18.0. The van der Waals surface area contributed by atoms with E-state index >= 15 is 0 Å². The molecule has 0 radical (unpaired) electrons. The monoisotopic (exact) mass is 476 g/mol. The van der Waals surface area contributed by atoms with Crippen molar-refractivity contribution in [3.05, 3.63) is 61.5 Å². The molecule has 0 unspecified atom stereocenters. The molecular weight excluding hydrogens is 468 g/mol. The van der Waals surface area contributed by atoms with E-state index in [0.717, 1.165) is 22.7 Å². The van der Waals surface area contributed by atoms with Crippen molar-refractivity contribution in [2.24, 2.45) is 0 Å². The van der Waals surface area contributed by atoms with Gasteiger partial charge in [0.15, 0.2) is 0 Å². The fourth-order valence-electron chi connectivity index (χ4n) is 1.96. The Morgan fingerprint density at radius 3 is 2.64 bits per heavy atom. The minimum atomic E-state index is -3.75. The summed E-state index contributed by atoms with van der Waals surface area (Å²) < 4.78 is 28.2. The first-order valence-corrected chi connectivity index (χ1v) is 11.1. The van der Waals surface area contributed by atoms with Crippen LogP contribution in [0, 0.1) is 0 Å². The van der Waals surface area contributed by atoms with Crippen LogP contribution in [0.5, 0.6) is 0 Å². The largest absolute Gasteiger partial charge is 0.321 e. The van der Waals surface area contributed by atoms with E-state index in [1.165, 1.54) is 6.07 Å². The lowest BCUT2D eigenvalue weighted by Gasteiger charge is -2.08. The molecule has 1 amide bonds. The molecule has 3 aromatic rings. The van der Waals surface area contributed by atoms with E-state index in [4.69, 9.17) is 11.6 Å².